The zero-order valence-electron chi connectivity index (χ0n) is 16.7. The second-order valence-corrected chi connectivity index (χ2v) is 7.68. The maximum atomic E-state index is 12.8. The van der Waals surface area contributed by atoms with E-state index in [1.54, 1.807) is 55.5 Å². The molecule has 8 heteroatoms. The highest BCUT2D eigenvalue weighted by atomic mass is 79.9. The van der Waals surface area contributed by atoms with Gasteiger partial charge < -0.3 is 15.1 Å². The summed E-state index contributed by atoms with van der Waals surface area (Å²) in [6, 6.07) is 11.8. The van der Waals surface area contributed by atoms with Crippen molar-refractivity contribution >= 4 is 44.6 Å². The number of para-hydroxylation sites is 2. The van der Waals surface area contributed by atoms with E-state index in [1.807, 2.05) is 0 Å². The van der Waals surface area contributed by atoms with Gasteiger partial charge in [-0.3, -0.25) is 14.4 Å². The number of benzene rings is 2. The molecule has 1 heterocycles. The fourth-order valence-corrected chi connectivity index (χ4v) is 3.19. The van der Waals surface area contributed by atoms with Crippen LogP contribution in [-0.4, -0.2) is 34.7 Å². The summed E-state index contributed by atoms with van der Waals surface area (Å²) in [7, 11) is 0. The summed E-state index contributed by atoms with van der Waals surface area (Å²) in [4.78, 5) is 42.3. The molecule has 3 aromatic rings. The minimum absolute atomic E-state index is 0.0262. The van der Waals surface area contributed by atoms with Crippen LogP contribution in [0.4, 0.5) is 0 Å². The van der Waals surface area contributed by atoms with Gasteiger partial charge in [-0.2, -0.15) is 0 Å². The average Bonchev–Trinajstić information content (AvgIpc) is 3.21. The molecule has 0 fully saturated rings. The minimum Gasteiger partial charge on any atom is -0.434 e. The van der Waals surface area contributed by atoms with E-state index in [-0.39, 0.29) is 12.3 Å². The van der Waals surface area contributed by atoms with Gasteiger partial charge in [-0.15, -0.1) is 12.3 Å². The smallest absolute Gasteiger partial charge is 0.266 e. The molecule has 0 saturated carbocycles. The zero-order valence-corrected chi connectivity index (χ0v) is 18.3. The third-order valence-corrected chi connectivity index (χ3v) is 5.12. The summed E-state index contributed by atoms with van der Waals surface area (Å²) in [5, 5.41) is 5.28. The van der Waals surface area contributed by atoms with Gasteiger partial charge in [0.1, 0.15) is 11.6 Å². The number of hydrogen-bond acceptors (Lipinski definition) is 5. The first-order valence-electron chi connectivity index (χ1n) is 9.63. The number of nitrogens with zero attached hydrogens (tertiary/aromatic N) is 1. The minimum atomic E-state index is -0.994. The van der Waals surface area contributed by atoms with Crippen LogP contribution in [0.25, 0.3) is 11.1 Å². The van der Waals surface area contributed by atoms with Gasteiger partial charge in [0.05, 0.1) is 6.04 Å². The number of nitrogens with one attached hydrogen (secondary N) is 2. The fraction of sp³-hybridized carbons (Fsp3) is 0.217. The molecule has 1 unspecified atom stereocenters. The normalized spacial score (nSPS) is 12.5. The van der Waals surface area contributed by atoms with Crippen LogP contribution >= 0.6 is 15.9 Å². The van der Waals surface area contributed by atoms with Gasteiger partial charge in [0.25, 0.3) is 11.8 Å². The fourth-order valence-electron chi connectivity index (χ4n) is 2.92. The Labute approximate surface area is 187 Å². The molecule has 2 aromatic carbocycles. The molecule has 31 heavy (non-hydrogen) atoms. The van der Waals surface area contributed by atoms with E-state index in [0.29, 0.717) is 23.1 Å². The number of carbonyl (C=O) groups is 3. The molecule has 3 rings (SSSR count). The number of fused-ring (bicyclic) bond motifs is 1. The average molecular weight is 482 g/mol. The van der Waals surface area contributed by atoms with Gasteiger partial charge in [-0.05, 0) is 42.8 Å². The van der Waals surface area contributed by atoms with Crippen LogP contribution < -0.4 is 10.6 Å². The second kappa shape index (κ2) is 10.0. The molecule has 0 aliphatic heterocycles. The monoisotopic (exact) mass is 481 g/mol. The Morgan fingerprint density at radius 1 is 1.10 bits per heavy atom. The van der Waals surface area contributed by atoms with Crippen LogP contribution in [-0.2, 0) is 4.79 Å². The largest absolute Gasteiger partial charge is 0.434 e. The third-order valence-electron chi connectivity index (χ3n) is 4.60. The molecule has 2 N–H and O–H groups in total. The number of Topliss-reactive ketones (excluding diaryl/α,β-unsaturated/α-hetero) is 1. The zero-order chi connectivity index (χ0) is 22.4. The Morgan fingerprint density at radius 3 is 2.45 bits per heavy atom. The van der Waals surface area contributed by atoms with E-state index in [2.05, 4.69) is 37.5 Å². The quantitative estimate of drug-likeness (QED) is 0.378. The van der Waals surface area contributed by atoms with Gasteiger partial charge >= 0.3 is 0 Å². The lowest BCUT2D eigenvalue weighted by Gasteiger charge is -2.20. The van der Waals surface area contributed by atoms with E-state index in [9.17, 15) is 14.4 Å². The lowest BCUT2D eigenvalue weighted by molar-refractivity contribution is -0.123. The molecule has 1 aromatic heterocycles. The number of rotatable bonds is 8. The van der Waals surface area contributed by atoms with Crippen LogP contribution in [0.2, 0.25) is 0 Å². The number of carbonyl (C=O) groups excluding carboxylic acids is 3. The summed E-state index contributed by atoms with van der Waals surface area (Å²) >= 11 is 3.31. The first kappa shape index (κ1) is 22.2. The van der Waals surface area contributed by atoms with Crippen molar-refractivity contribution in [3.05, 3.63) is 64.5 Å². The van der Waals surface area contributed by atoms with Gasteiger partial charge in [-0.25, -0.2) is 4.98 Å². The molecule has 2 amide bonds. The van der Waals surface area contributed by atoms with Gasteiger partial charge in [-0.1, -0.05) is 35.0 Å². The summed E-state index contributed by atoms with van der Waals surface area (Å²) in [5.41, 5.74) is 1.42. The maximum absolute atomic E-state index is 12.8. The molecular weight excluding hydrogens is 462 g/mol. The van der Waals surface area contributed by atoms with E-state index >= 15 is 0 Å². The Bertz CT molecular complexity index is 1110. The number of halogens is 1. The molecule has 0 radical (unpaired) electrons. The molecule has 0 aliphatic carbocycles. The Kier molecular flexibility index (Phi) is 7.21. The van der Waals surface area contributed by atoms with Crippen LogP contribution in [0.15, 0.2) is 57.4 Å². The molecule has 0 aliphatic rings. The molecule has 0 saturated heterocycles. The number of oxazole rings is 1. The first-order valence-corrected chi connectivity index (χ1v) is 10.4. The van der Waals surface area contributed by atoms with E-state index < -0.39 is 29.7 Å². The van der Waals surface area contributed by atoms with Crippen molar-refractivity contribution in [3.63, 3.8) is 0 Å². The number of terminal acetylenes is 1. The van der Waals surface area contributed by atoms with Crippen molar-refractivity contribution < 1.29 is 18.8 Å². The molecule has 2 atom stereocenters. The predicted molar refractivity (Wildman–Crippen MR) is 119 cm³/mol. The van der Waals surface area contributed by atoms with Crippen molar-refractivity contribution in [2.24, 2.45) is 0 Å². The van der Waals surface area contributed by atoms with Crippen LogP contribution in [0.1, 0.15) is 40.8 Å². The predicted octanol–water partition coefficient (Wildman–Crippen LogP) is 3.49. The number of ketones is 1. The lowest BCUT2D eigenvalue weighted by Crippen LogP contribution is -2.51. The first-order chi connectivity index (χ1) is 14.9. The van der Waals surface area contributed by atoms with E-state index in [4.69, 9.17) is 10.8 Å². The van der Waals surface area contributed by atoms with E-state index in [0.717, 1.165) is 4.47 Å². The number of amides is 2. The van der Waals surface area contributed by atoms with Crippen molar-refractivity contribution in [2.75, 3.05) is 0 Å². The maximum Gasteiger partial charge on any atom is 0.266 e. The van der Waals surface area contributed by atoms with Crippen LogP contribution in [0.5, 0.6) is 0 Å². The van der Waals surface area contributed by atoms with E-state index in [1.165, 1.54) is 0 Å². The Hall–Kier alpha value is -3.44. The van der Waals surface area contributed by atoms with Crippen molar-refractivity contribution in [1.29, 1.82) is 0 Å². The van der Waals surface area contributed by atoms with Crippen molar-refractivity contribution in [3.8, 4) is 12.3 Å². The van der Waals surface area contributed by atoms with Gasteiger partial charge in [0.15, 0.2) is 5.58 Å². The number of aromatic nitrogens is 1. The standard InChI is InChI=1S/C23H20BrN3O4/c1-3-7-18(26-21(29)14-10-12-15(24)13-11-14)22(30)25-16(4-2)20(28)23-27-17-8-5-6-9-19(17)31-23/h1,5-6,8-13,16,18H,4,7H2,2H3,(H,25,30)(H,26,29)/t16-,18?/m0/s1. The third kappa shape index (κ3) is 5.38. The van der Waals surface area contributed by atoms with Crippen LogP contribution in [0.3, 0.4) is 0 Å². The SMILES string of the molecule is C#CCC(NC(=O)c1ccc(Br)cc1)C(=O)N[C@@H](CC)C(=O)c1nc2ccccc2o1. The summed E-state index contributed by atoms with van der Waals surface area (Å²) in [6.07, 6.45) is 5.67. The topological polar surface area (TPSA) is 101 Å². The molecule has 7 nitrogen and oxygen atoms in total. The van der Waals surface area contributed by atoms with Gasteiger partial charge in [0, 0.05) is 16.5 Å². The van der Waals surface area contributed by atoms with Gasteiger partial charge in [0.2, 0.25) is 11.7 Å². The molecule has 158 valence electrons. The Morgan fingerprint density at radius 2 is 1.81 bits per heavy atom. The number of hydrogen-bond donors (Lipinski definition) is 2. The van der Waals surface area contributed by atoms with Crippen molar-refractivity contribution in [2.45, 2.75) is 31.8 Å². The summed E-state index contributed by atoms with van der Waals surface area (Å²) in [6.45, 7) is 1.75. The van der Waals surface area contributed by atoms with Crippen LogP contribution in [0, 0.1) is 12.3 Å². The molecule has 0 bridgehead atoms. The molecular formula is C23H20BrN3O4. The summed E-state index contributed by atoms with van der Waals surface area (Å²) in [5.74, 6) is 0.851. The summed E-state index contributed by atoms with van der Waals surface area (Å²) < 4.78 is 6.34. The lowest BCUT2D eigenvalue weighted by atomic mass is 10.1. The highest BCUT2D eigenvalue weighted by Gasteiger charge is 2.28. The highest BCUT2D eigenvalue weighted by molar-refractivity contribution is 9.10. The van der Waals surface area contributed by atoms with Crippen molar-refractivity contribution in [1.82, 2.24) is 15.6 Å². The Balaban J connectivity index is 1.71. The molecule has 0 spiro atoms. The second-order valence-electron chi connectivity index (χ2n) is 6.76. The highest BCUT2D eigenvalue weighted by Crippen LogP contribution is 2.17.